The molecule has 1 saturated heterocycles. The number of nitrogens with zero attached hydrogens (tertiary/aromatic N) is 7. The van der Waals surface area contributed by atoms with Gasteiger partial charge in [0.05, 0.1) is 12.6 Å². The highest BCUT2D eigenvalue weighted by Crippen LogP contribution is 2.37. The van der Waals surface area contributed by atoms with Gasteiger partial charge in [-0.2, -0.15) is 9.47 Å². The van der Waals surface area contributed by atoms with Gasteiger partial charge in [-0.3, -0.25) is 9.36 Å². The van der Waals surface area contributed by atoms with Crippen molar-refractivity contribution < 1.29 is 0 Å². The lowest BCUT2D eigenvalue weighted by Gasteiger charge is -2.24. The van der Waals surface area contributed by atoms with Crippen molar-refractivity contribution in [3.05, 3.63) is 47.0 Å². The van der Waals surface area contributed by atoms with Gasteiger partial charge in [0.15, 0.2) is 5.82 Å². The first-order chi connectivity index (χ1) is 13.3. The molecule has 9 heteroatoms. The van der Waals surface area contributed by atoms with Crippen LogP contribution >= 0.6 is 11.5 Å². The summed E-state index contributed by atoms with van der Waals surface area (Å²) in [6.45, 7) is 1.51. The number of anilines is 1. The average Bonchev–Trinajstić information content (AvgIpc) is 3.36. The van der Waals surface area contributed by atoms with Gasteiger partial charge in [0, 0.05) is 42.5 Å². The van der Waals surface area contributed by atoms with Gasteiger partial charge >= 0.3 is 0 Å². The predicted octanol–water partition coefficient (Wildman–Crippen LogP) is 2.22. The van der Waals surface area contributed by atoms with Crippen molar-refractivity contribution in [3.63, 3.8) is 0 Å². The maximum absolute atomic E-state index is 12.3. The lowest BCUT2D eigenvalue weighted by molar-refractivity contribution is 0.404. The Morgan fingerprint density at radius 3 is 2.89 bits per heavy atom. The van der Waals surface area contributed by atoms with Gasteiger partial charge in [-0.1, -0.05) is 6.42 Å². The fourth-order valence-corrected chi connectivity index (χ4v) is 4.60. The Labute approximate surface area is 160 Å². The Morgan fingerprint density at radius 2 is 2.11 bits per heavy atom. The van der Waals surface area contributed by atoms with E-state index < -0.39 is 0 Å². The van der Waals surface area contributed by atoms with Crippen LogP contribution < -0.4 is 10.5 Å². The van der Waals surface area contributed by atoms with Crippen molar-refractivity contribution >= 4 is 16.7 Å². The molecule has 1 aliphatic heterocycles. The fourth-order valence-electron chi connectivity index (χ4n) is 3.75. The summed E-state index contributed by atoms with van der Waals surface area (Å²) >= 11 is 1.49. The number of hydrogen-bond acceptors (Lipinski definition) is 7. The molecule has 1 unspecified atom stereocenters. The van der Waals surface area contributed by atoms with Crippen LogP contribution in [0.4, 0.5) is 5.13 Å². The zero-order valence-corrected chi connectivity index (χ0v) is 15.8. The number of imidazole rings is 1. The average molecular weight is 383 g/mol. The van der Waals surface area contributed by atoms with Crippen molar-refractivity contribution in [2.24, 2.45) is 0 Å². The molecule has 0 radical (unpaired) electrons. The van der Waals surface area contributed by atoms with Crippen LogP contribution in [-0.4, -0.2) is 41.3 Å². The molecule has 0 amide bonds. The molecule has 0 N–H and O–H groups in total. The van der Waals surface area contributed by atoms with Crippen molar-refractivity contribution in [3.8, 4) is 5.82 Å². The summed E-state index contributed by atoms with van der Waals surface area (Å²) in [4.78, 5) is 23.5. The van der Waals surface area contributed by atoms with Gasteiger partial charge in [-0.15, -0.1) is 0 Å². The summed E-state index contributed by atoms with van der Waals surface area (Å²) in [7, 11) is 0. The van der Waals surface area contributed by atoms with E-state index in [2.05, 4.69) is 19.4 Å². The van der Waals surface area contributed by atoms with E-state index in [1.165, 1.54) is 30.8 Å². The van der Waals surface area contributed by atoms with E-state index in [4.69, 9.17) is 4.98 Å². The predicted molar refractivity (Wildman–Crippen MR) is 102 cm³/mol. The summed E-state index contributed by atoms with van der Waals surface area (Å²) in [5, 5.41) is 5.51. The van der Waals surface area contributed by atoms with Crippen LogP contribution in [0, 0.1) is 0 Å². The van der Waals surface area contributed by atoms with Crippen molar-refractivity contribution in [1.29, 1.82) is 0 Å². The lowest BCUT2D eigenvalue weighted by atomic mass is 9.85. The van der Waals surface area contributed by atoms with E-state index in [9.17, 15) is 4.79 Å². The van der Waals surface area contributed by atoms with E-state index in [0.29, 0.717) is 18.3 Å². The fraction of sp³-hybridized carbons (Fsp3) is 0.500. The van der Waals surface area contributed by atoms with E-state index in [-0.39, 0.29) is 11.6 Å². The standard InChI is InChI=1S/C18H21N7OS/c26-16-7-6-15(23-10-8-19-12-23)21-25(16)11-14-5-2-9-24(14)18-20-17(22-27-18)13-3-1-4-13/h6-8,10,12-14H,1-5,9,11H2. The minimum absolute atomic E-state index is 0.0851. The SMILES string of the molecule is O=c1ccc(-n2ccnc2)nn1CC1CCCN1c1nc(C2CCC2)ns1. The topological polar surface area (TPSA) is 81.7 Å². The molecule has 1 aliphatic carbocycles. The van der Waals surface area contributed by atoms with Crippen LogP contribution in [0.3, 0.4) is 0 Å². The van der Waals surface area contributed by atoms with Crippen molar-refractivity contribution in [1.82, 2.24) is 28.7 Å². The van der Waals surface area contributed by atoms with Crippen molar-refractivity contribution in [2.75, 3.05) is 11.4 Å². The van der Waals surface area contributed by atoms with Gasteiger partial charge in [0.1, 0.15) is 12.2 Å². The highest BCUT2D eigenvalue weighted by Gasteiger charge is 2.30. The van der Waals surface area contributed by atoms with Gasteiger partial charge in [-0.05, 0) is 31.7 Å². The molecule has 140 valence electrons. The highest BCUT2D eigenvalue weighted by atomic mass is 32.1. The molecule has 27 heavy (non-hydrogen) atoms. The summed E-state index contributed by atoms with van der Waals surface area (Å²) in [6, 6.07) is 3.51. The summed E-state index contributed by atoms with van der Waals surface area (Å²) in [5.41, 5.74) is -0.0851. The highest BCUT2D eigenvalue weighted by molar-refractivity contribution is 7.09. The van der Waals surface area contributed by atoms with Crippen LogP contribution in [0.5, 0.6) is 0 Å². The van der Waals surface area contributed by atoms with Crippen LogP contribution in [0.25, 0.3) is 5.82 Å². The number of rotatable bonds is 5. The van der Waals surface area contributed by atoms with Gasteiger partial charge in [0.2, 0.25) is 5.13 Å². The Kier molecular flexibility index (Phi) is 4.23. The zero-order valence-electron chi connectivity index (χ0n) is 14.9. The molecule has 4 heterocycles. The molecule has 5 rings (SSSR count). The van der Waals surface area contributed by atoms with Crippen LogP contribution in [-0.2, 0) is 6.54 Å². The molecule has 8 nitrogen and oxygen atoms in total. The molecular weight excluding hydrogens is 362 g/mol. The second kappa shape index (κ2) is 6.88. The van der Waals surface area contributed by atoms with Gasteiger partial charge in [0.25, 0.3) is 5.56 Å². The minimum Gasteiger partial charge on any atom is -0.342 e. The first kappa shape index (κ1) is 16.6. The van der Waals surface area contributed by atoms with Gasteiger partial charge < -0.3 is 4.90 Å². The smallest absolute Gasteiger partial charge is 0.266 e. The number of aromatic nitrogens is 6. The molecule has 3 aromatic rings. The van der Waals surface area contributed by atoms with E-state index >= 15 is 0 Å². The van der Waals surface area contributed by atoms with Crippen molar-refractivity contribution in [2.45, 2.75) is 50.6 Å². The quantitative estimate of drug-likeness (QED) is 0.672. The molecule has 1 saturated carbocycles. The lowest BCUT2D eigenvalue weighted by Crippen LogP contribution is -2.37. The molecule has 3 aromatic heterocycles. The Balaban J connectivity index is 1.37. The van der Waals surface area contributed by atoms with E-state index in [1.807, 2.05) is 6.20 Å². The maximum atomic E-state index is 12.3. The molecule has 1 atom stereocenters. The molecule has 0 aromatic carbocycles. The second-order valence-electron chi connectivity index (χ2n) is 7.23. The summed E-state index contributed by atoms with van der Waals surface area (Å²) < 4.78 is 7.95. The number of hydrogen-bond donors (Lipinski definition) is 0. The first-order valence-corrected chi connectivity index (χ1v) is 10.2. The van der Waals surface area contributed by atoms with Crippen LogP contribution in [0.15, 0.2) is 35.6 Å². The molecule has 0 bridgehead atoms. The van der Waals surface area contributed by atoms with E-state index in [1.54, 1.807) is 33.9 Å². The van der Waals surface area contributed by atoms with Gasteiger partial charge in [-0.25, -0.2) is 14.6 Å². The third-order valence-corrected chi connectivity index (χ3v) is 6.30. The van der Waals surface area contributed by atoms with E-state index in [0.717, 1.165) is 30.3 Å². The molecule has 2 aliphatic rings. The Bertz CT molecular complexity index is 976. The monoisotopic (exact) mass is 383 g/mol. The summed E-state index contributed by atoms with van der Waals surface area (Å²) in [6.07, 6.45) is 11.0. The minimum atomic E-state index is -0.0851. The molecule has 2 fully saturated rings. The molecule has 0 spiro atoms. The second-order valence-corrected chi connectivity index (χ2v) is 7.96. The molecular formula is C18H21N7OS. The third kappa shape index (κ3) is 3.16. The van der Waals surface area contributed by atoms with Crippen LogP contribution in [0.2, 0.25) is 0 Å². The Hall–Kier alpha value is -2.55. The zero-order chi connectivity index (χ0) is 18.2. The Morgan fingerprint density at radius 1 is 1.19 bits per heavy atom. The first-order valence-electron chi connectivity index (χ1n) is 9.45. The van der Waals surface area contributed by atoms with Crippen LogP contribution in [0.1, 0.15) is 43.8 Å². The third-order valence-electron chi connectivity index (χ3n) is 5.53. The summed E-state index contributed by atoms with van der Waals surface area (Å²) in [5.74, 6) is 2.25. The maximum Gasteiger partial charge on any atom is 0.266 e. The largest absolute Gasteiger partial charge is 0.342 e. The normalized spacial score (nSPS) is 20.1.